The number of aliphatic hydroxyl groups is 2. The summed E-state index contributed by atoms with van der Waals surface area (Å²) in [6, 6.07) is 0. The second kappa shape index (κ2) is 20.3. The number of phosphoric acid groups is 3. The van der Waals surface area contributed by atoms with Crippen LogP contribution in [0.5, 0.6) is 0 Å². The van der Waals surface area contributed by atoms with Crippen molar-refractivity contribution < 1.29 is 85.3 Å². The Labute approximate surface area is 322 Å². The molecule has 10 N–H and O–H groups in total. The Kier molecular flexibility index (Phi) is 17.2. The number of aliphatic hydroxyl groups excluding tert-OH is 2. The van der Waals surface area contributed by atoms with Gasteiger partial charge in [0.2, 0.25) is 11.8 Å². The molecule has 0 aromatic carbocycles. The van der Waals surface area contributed by atoms with Crippen molar-refractivity contribution in [2.24, 2.45) is 5.41 Å². The molecule has 0 spiro atoms. The lowest BCUT2D eigenvalue weighted by atomic mass is 9.87. The number of Topliss-reactive ketones (excluding diaryl/α,β-unsaturated/α-hetero) is 1. The molecular formula is C27H44N7O18P3S. The molecule has 2 amide bonds. The first-order valence-electron chi connectivity index (χ1n) is 16.5. The van der Waals surface area contributed by atoms with Gasteiger partial charge in [0.1, 0.15) is 42.0 Å². The molecule has 0 aliphatic carbocycles. The lowest BCUT2D eigenvalue weighted by Crippen LogP contribution is -2.46. The number of thioether (sulfide) groups is 1. The number of amides is 2. The third kappa shape index (κ3) is 14.9. The molecule has 2 aromatic rings. The van der Waals surface area contributed by atoms with Crippen LogP contribution in [0.25, 0.3) is 11.2 Å². The standard InChI is InChI=1S/C27H44N7O18P3S/c1-15(35)5-4-6-18(37)56-10-9-29-17(36)7-8-30-25(40)22(39)27(2,3)12-49-55(46,47)52-54(44,45)48-11-16-21(51-53(41,42)43)20(38)26(50-16)34-14-33-19-23(28)31-13-32-24(19)34/h13-14,16,20-22,26,38-39H,4-12H2,1-3H3,(H,29,36)(H,30,40)(H,44,45)(H,46,47)(H2,28,31,32)(H2,41,42,43)/t16-,20-,21-,22+,26-/m1/s1. The van der Waals surface area contributed by atoms with Gasteiger partial charge in [0, 0.05) is 43.5 Å². The lowest BCUT2D eigenvalue weighted by molar-refractivity contribution is -0.137. The van der Waals surface area contributed by atoms with E-state index in [-0.39, 0.29) is 53.8 Å². The van der Waals surface area contributed by atoms with Gasteiger partial charge in [-0.1, -0.05) is 25.6 Å². The van der Waals surface area contributed by atoms with Crippen LogP contribution in [0.15, 0.2) is 12.7 Å². The van der Waals surface area contributed by atoms with Crippen molar-refractivity contribution in [3.05, 3.63) is 12.7 Å². The molecule has 1 saturated heterocycles. The van der Waals surface area contributed by atoms with Crippen LogP contribution in [0.1, 0.15) is 52.7 Å². The van der Waals surface area contributed by atoms with E-state index in [1.54, 1.807) is 0 Å². The van der Waals surface area contributed by atoms with Gasteiger partial charge in [-0.3, -0.25) is 32.5 Å². The van der Waals surface area contributed by atoms with E-state index < -0.39 is 84.6 Å². The molecule has 1 fully saturated rings. The smallest absolute Gasteiger partial charge is 0.386 e. The second-order valence-electron chi connectivity index (χ2n) is 12.8. The van der Waals surface area contributed by atoms with Crippen LogP contribution in [-0.2, 0) is 55.5 Å². The van der Waals surface area contributed by atoms with Crippen LogP contribution in [0.4, 0.5) is 5.82 Å². The minimum absolute atomic E-state index is 0.0101. The van der Waals surface area contributed by atoms with Crippen molar-refractivity contribution in [3.63, 3.8) is 0 Å². The first kappa shape index (κ1) is 47.6. The van der Waals surface area contributed by atoms with Crippen molar-refractivity contribution >= 4 is 74.9 Å². The average Bonchev–Trinajstić information content (AvgIpc) is 3.64. The Balaban J connectivity index is 1.47. The molecular weight excluding hydrogens is 835 g/mol. The van der Waals surface area contributed by atoms with Crippen LogP contribution < -0.4 is 16.4 Å². The Bertz CT molecular complexity index is 1860. The molecule has 2 unspecified atom stereocenters. The first-order chi connectivity index (χ1) is 25.9. The zero-order chi connectivity index (χ0) is 42.1. The van der Waals surface area contributed by atoms with Gasteiger partial charge < -0.3 is 55.7 Å². The highest BCUT2D eigenvalue weighted by Crippen LogP contribution is 2.61. The fraction of sp³-hybridized carbons (Fsp3) is 0.667. The number of hydrogen-bond donors (Lipinski definition) is 9. The summed E-state index contributed by atoms with van der Waals surface area (Å²) in [4.78, 5) is 98.2. The molecule has 1 aliphatic heterocycles. The van der Waals surface area contributed by atoms with Gasteiger partial charge in [-0.25, -0.2) is 28.6 Å². The maximum atomic E-state index is 12.7. The Morgan fingerprint density at radius 2 is 1.70 bits per heavy atom. The predicted molar refractivity (Wildman–Crippen MR) is 192 cm³/mol. The fourth-order valence-corrected chi connectivity index (χ4v) is 8.40. The topological polar surface area (TPSA) is 381 Å². The van der Waals surface area contributed by atoms with Gasteiger partial charge in [0.05, 0.1) is 19.5 Å². The van der Waals surface area contributed by atoms with E-state index in [4.69, 9.17) is 19.5 Å². The Morgan fingerprint density at radius 3 is 2.36 bits per heavy atom. The van der Waals surface area contributed by atoms with E-state index in [0.29, 0.717) is 18.6 Å². The summed E-state index contributed by atoms with van der Waals surface area (Å²) in [6.07, 6.45) is -5.99. The number of nitrogens with zero attached hydrogens (tertiary/aromatic N) is 4. The SMILES string of the molecule is CC(=O)CCCC(=O)SCCNC(=O)CCNC(=O)[C@H](O)C(C)(C)COP(=O)(O)OP(=O)(O)OC[C@H]1O[C@@H](n2cnc3c(N)ncnc32)[C@H](O)[C@@H]1OP(=O)(O)O. The van der Waals surface area contributed by atoms with Crippen molar-refractivity contribution in [2.75, 3.05) is 37.8 Å². The van der Waals surface area contributed by atoms with E-state index in [1.165, 1.54) is 20.8 Å². The predicted octanol–water partition coefficient (Wildman–Crippen LogP) is -0.576. The lowest BCUT2D eigenvalue weighted by Gasteiger charge is -2.30. The Hall–Kier alpha value is -2.77. The van der Waals surface area contributed by atoms with Crippen LogP contribution >= 0.6 is 35.2 Å². The van der Waals surface area contributed by atoms with E-state index in [0.717, 1.165) is 29.0 Å². The van der Waals surface area contributed by atoms with Crippen molar-refractivity contribution in [3.8, 4) is 0 Å². The highest BCUT2D eigenvalue weighted by atomic mass is 32.2. The van der Waals surface area contributed by atoms with Crippen LogP contribution in [0.2, 0.25) is 0 Å². The number of aromatic nitrogens is 4. The fourth-order valence-electron chi connectivity index (χ4n) is 4.85. The summed E-state index contributed by atoms with van der Waals surface area (Å²) in [5, 5.41) is 26.2. The van der Waals surface area contributed by atoms with Gasteiger partial charge in [-0.05, 0) is 13.3 Å². The normalized spacial score (nSPS) is 21.6. The van der Waals surface area contributed by atoms with Crippen molar-refractivity contribution in [1.29, 1.82) is 0 Å². The molecule has 2 aromatic heterocycles. The number of rotatable bonds is 23. The zero-order valence-electron chi connectivity index (χ0n) is 30.1. The summed E-state index contributed by atoms with van der Waals surface area (Å²) in [7, 11) is -16.4. The van der Waals surface area contributed by atoms with E-state index in [2.05, 4.69) is 34.4 Å². The maximum Gasteiger partial charge on any atom is 0.481 e. The largest absolute Gasteiger partial charge is 0.481 e. The number of ketones is 1. The third-order valence-corrected chi connectivity index (χ3v) is 11.7. The highest BCUT2D eigenvalue weighted by molar-refractivity contribution is 8.13. The number of nitrogen functional groups attached to an aromatic ring is 1. The van der Waals surface area contributed by atoms with Crippen molar-refractivity contribution in [2.45, 2.75) is 77.1 Å². The molecule has 0 radical (unpaired) electrons. The summed E-state index contributed by atoms with van der Waals surface area (Å²) in [5.41, 5.74) is 4.23. The van der Waals surface area contributed by atoms with Crippen LogP contribution in [0.3, 0.4) is 0 Å². The second-order valence-corrected chi connectivity index (χ2v) is 18.2. The van der Waals surface area contributed by atoms with E-state index >= 15 is 0 Å². The number of ether oxygens (including phenoxy) is 1. The first-order valence-corrected chi connectivity index (χ1v) is 22.0. The molecule has 3 heterocycles. The number of carbonyl (C=O) groups excluding carboxylic acids is 4. The van der Waals surface area contributed by atoms with Gasteiger partial charge in [0.15, 0.2) is 22.8 Å². The quantitative estimate of drug-likeness (QED) is 0.0498. The third-order valence-electron chi connectivity index (χ3n) is 7.67. The highest BCUT2D eigenvalue weighted by Gasteiger charge is 2.50. The molecule has 316 valence electrons. The molecule has 1 aliphatic rings. The minimum atomic E-state index is -5.58. The summed E-state index contributed by atoms with van der Waals surface area (Å²) < 4.78 is 62.0. The average molecular weight is 880 g/mol. The van der Waals surface area contributed by atoms with Gasteiger partial charge >= 0.3 is 23.5 Å². The molecule has 0 saturated carbocycles. The zero-order valence-corrected chi connectivity index (χ0v) is 33.6. The minimum Gasteiger partial charge on any atom is -0.386 e. The van der Waals surface area contributed by atoms with Crippen molar-refractivity contribution in [1.82, 2.24) is 30.2 Å². The summed E-state index contributed by atoms with van der Waals surface area (Å²) >= 11 is 1.01. The number of fused-ring (bicyclic) bond motifs is 1. The number of anilines is 1. The Morgan fingerprint density at radius 1 is 1.02 bits per heavy atom. The molecule has 29 heteroatoms. The van der Waals surface area contributed by atoms with Gasteiger partial charge in [0.25, 0.3) is 0 Å². The number of nitrogens with one attached hydrogen (secondary N) is 2. The summed E-state index contributed by atoms with van der Waals surface area (Å²) in [5.74, 6) is -1.22. The number of imidazole rings is 1. The summed E-state index contributed by atoms with van der Waals surface area (Å²) in [6.45, 7) is 1.83. The number of nitrogens with two attached hydrogens (primary N) is 1. The molecule has 3 rings (SSSR count). The van der Waals surface area contributed by atoms with E-state index in [9.17, 15) is 62.7 Å². The van der Waals surface area contributed by atoms with Gasteiger partial charge in [-0.2, -0.15) is 4.31 Å². The molecule has 25 nitrogen and oxygen atoms in total. The number of phosphoric ester groups is 3. The molecule has 0 bridgehead atoms. The molecule has 7 atom stereocenters. The monoisotopic (exact) mass is 879 g/mol. The van der Waals surface area contributed by atoms with Crippen LogP contribution in [-0.4, -0.2) is 128 Å². The molecule has 56 heavy (non-hydrogen) atoms. The number of hydrogen-bond acceptors (Lipinski definition) is 19. The van der Waals surface area contributed by atoms with E-state index in [1.807, 2.05) is 0 Å². The van der Waals surface area contributed by atoms with Crippen LogP contribution in [0, 0.1) is 5.41 Å². The maximum absolute atomic E-state index is 12.7. The van der Waals surface area contributed by atoms with Gasteiger partial charge in [-0.15, -0.1) is 0 Å². The number of carbonyl (C=O) groups is 4.